The zero-order valence-electron chi connectivity index (χ0n) is 7.48. The van der Waals surface area contributed by atoms with Crippen LogP contribution in [0.25, 0.3) is 10.4 Å². The van der Waals surface area contributed by atoms with Gasteiger partial charge in [-0.3, -0.25) is 0 Å². The fourth-order valence-corrected chi connectivity index (χ4v) is 2.00. The van der Waals surface area contributed by atoms with Crippen LogP contribution in [0.2, 0.25) is 0 Å². The van der Waals surface area contributed by atoms with Crippen LogP contribution in [-0.2, 0) is 0 Å². The Morgan fingerprint density at radius 1 is 1.40 bits per heavy atom. The van der Waals surface area contributed by atoms with Gasteiger partial charge in [-0.25, -0.2) is 9.78 Å². The molecule has 3 nitrogen and oxygen atoms in total. The van der Waals surface area contributed by atoms with E-state index in [0.717, 1.165) is 11.3 Å². The minimum absolute atomic E-state index is 0.238. The maximum atomic E-state index is 12.8. The number of hydrogen-bond acceptors (Lipinski definition) is 3. The van der Waals surface area contributed by atoms with Crippen molar-refractivity contribution in [3.05, 3.63) is 41.3 Å². The number of hydrogen-bond donors (Lipinski definition) is 1. The molecule has 0 spiro atoms. The van der Waals surface area contributed by atoms with Gasteiger partial charge in [-0.15, -0.1) is 11.3 Å². The number of rotatable bonds is 2. The first kappa shape index (κ1) is 9.79. The van der Waals surface area contributed by atoms with Crippen LogP contribution in [0, 0.1) is 5.95 Å². The van der Waals surface area contributed by atoms with Crippen molar-refractivity contribution in [2.24, 2.45) is 0 Å². The van der Waals surface area contributed by atoms with Crippen LogP contribution in [0.4, 0.5) is 4.39 Å². The van der Waals surface area contributed by atoms with Crippen molar-refractivity contribution in [1.82, 2.24) is 4.98 Å². The number of aromatic nitrogens is 1. The fourth-order valence-electron chi connectivity index (χ4n) is 1.16. The van der Waals surface area contributed by atoms with E-state index in [1.54, 1.807) is 12.1 Å². The predicted molar refractivity (Wildman–Crippen MR) is 54.5 cm³/mol. The topological polar surface area (TPSA) is 50.2 Å². The summed E-state index contributed by atoms with van der Waals surface area (Å²) in [6, 6.07) is 6.07. The first-order valence-corrected chi connectivity index (χ1v) is 4.93. The molecular formula is C10H6FNO2S. The van der Waals surface area contributed by atoms with Crippen molar-refractivity contribution in [2.45, 2.75) is 0 Å². The Balaban J connectivity index is 2.41. The summed E-state index contributed by atoms with van der Waals surface area (Å²) < 4.78 is 12.8. The number of nitrogens with zero attached hydrogens (tertiary/aromatic N) is 1. The molecule has 0 saturated carbocycles. The molecule has 1 N–H and O–H groups in total. The number of pyridine rings is 1. The smallest absolute Gasteiger partial charge is 0.345 e. The molecule has 0 aliphatic carbocycles. The summed E-state index contributed by atoms with van der Waals surface area (Å²) in [5.41, 5.74) is 0.639. The van der Waals surface area contributed by atoms with Gasteiger partial charge in [-0.1, -0.05) is 0 Å². The van der Waals surface area contributed by atoms with Crippen molar-refractivity contribution >= 4 is 17.3 Å². The third kappa shape index (κ3) is 2.02. The van der Waals surface area contributed by atoms with Crippen molar-refractivity contribution in [3.63, 3.8) is 0 Å². The highest BCUT2D eigenvalue weighted by atomic mass is 32.1. The Bertz CT molecular complexity index is 510. The minimum Gasteiger partial charge on any atom is -0.477 e. The zero-order valence-corrected chi connectivity index (χ0v) is 8.29. The van der Waals surface area contributed by atoms with E-state index in [0.29, 0.717) is 10.4 Å². The average Bonchev–Trinajstić information content (AvgIpc) is 2.66. The van der Waals surface area contributed by atoms with E-state index in [2.05, 4.69) is 4.98 Å². The Morgan fingerprint density at radius 2 is 2.20 bits per heavy atom. The first-order chi connectivity index (χ1) is 7.16. The van der Waals surface area contributed by atoms with Crippen LogP contribution in [0.1, 0.15) is 9.67 Å². The summed E-state index contributed by atoms with van der Waals surface area (Å²) in [6.07, 6.45) is 1.35. The molecule has 2 rings (SSSR count). The SMILES string of the molecule is O=C(O)c1ccc(-c2ccnc(F)c2)s1. The van der Waals surface area contributed by atoms with Crippen molar-refractivity contribution in [3.8, 4) is 10.4 Å². The van der Waals surface area contributed by atoms with Crippen LogP contribution in [0.5, 0.6) is 0 Å². The maximum Gasteiger partial charge on any atom is 0.345 e. The van der Waals surface area contributed by atoms with Gasteiger partial charge in [0.25, 0.3) is 0 Å². The van der Waals surface area contributed by atoms with E-state index >= 15 is 0 Å². The van der Waals surface area contributed by atoms with Crippen molar-refractivity contribution in [1.29, 1.82) is 0 Å². The lowest BCUT2D eigenvalue weighted by atomic mass is 10.2. The zero-order chi connectivity index (χ0) is 10.8. The van der Waals surface area contributed by atoms with Crippen LogP contribution >= 0.6 is 11.3 Å². The van der Waals surface area contributed by atoms with Gasteiger partial charge in [0.15, 0.2) is 0 Å². The van der Waals surface area contributed by atoms with Gasteiger partial charge in [-0.05, 0) is 23.8 Å². The number of thiophene rings is 1. The molecule has 15 heavy (non-hydrogen) atoms. The predicted octanol–water partition coefficient (Wildman–Crippen LogP) is 2.65. The molecule has 2 aromatic rings. The molecule has 5 heteroatoms. The third-order valence-corrected chi connectivity index (χ3v) is 2.95. The Labute approximate surface area is 88.8 Å². The Hall–Kier alpha value is -1.75. The largest absolute Gasteiger partial charge is 0.477 e. The lowest BCUT2D eigenvalue weighted by Crippen LogP contribution is -1.89. The van der Waals surface area contributed by atoms with Gasteiger partial charge in [0, 0.05) is 17.1 Å². The van der Waals surface area contributed by atoms with Crippen molar-refractivity contribution < 1.29 is 14.3 Å². The van der Waals surface area contributed by atoms with E-state index < -0.39 is 11.9 Å². The number of aromatic carboxylic acids is 1. The highest BCUT2D eigenvalue weighted by molar-refractivity contribution is 7.17. The molecule has 0 aliphatic rings. The Morgan fingerprint density at radius 3 is 2.80 bits per heavy atom. The second-order valence-corrected chi connectivity index (χ2v) is 3.92. The molecule has 0 aromatic carbocycles. The van der Waals surface area contributed by atoms with Crippen LogP contribution < -0.4 is 0 Å². The molecule has 0 atom stereocenters. The van der Waals surface area contributed by atoms with Gasteiger partial charge in [-0.2, -0.15) is 4.39 Å². The minimum atomic E-state index is -0.972. The van der Waals surface area contributed by atoms with Gasteiger partial charge < -0.3 is 5.11 Å². The lowest BCUT2D eigenvalue weighted by molar-refractivity contribution is 0.0702. The highest BCUT2D eigenvalue weighted by Crippen LogP contribution is 2.27. The maximum absolute atomic E-state index is 12.8. The summed E-state index contributed by atoms with van der Waals surface area (Å²) >= 11 is 1.11. The molecule has 0 radical (unpaired) electrons. The van der Waals surface area contributed by atoms with E-state index in [9.17, 15) is 9.18 Å². The third-order valence-electron chi connectivity index (χ3n) is 1.83. The molecule has 0 unspecified atom stereocenters. The molecule has 2 heterocycles. The number of carbonyl (C=O) groups is 1. The van der Waals surface area contributed by atoms with Gasteiger partial charge in [0.2, 0.25) is 5.95 Å². The van der Waals surface area contributed by atoms with Crippen LogP contribution in [0.15, 0.2) is 30.5 Å². The average molecular weight is 223 g/mol. The molecule has 0 saturated heterocycles. The molecule has 0 fully saturated rings. The summed E-state index contributed by atoms with van der Waals surface area (Å²) in [5.74, 6) is -1.54. The normalized spacial score (nSPS) is 10.2. The van der Waals surface area contributed by atoms with E-state index in [1.807, 2.05) is 0 Å². The second kappa shape index (κ2) is 3.78. The molecule has 0 aliphatic heterocycles. The first-order valence-electron chi connectivity index (χ1n) is 4.12. The molecule has 0 bridgehead atoms. The molecular weight excluding hydrogens is 217 g/mol. The van der Waals surface area contributed by atoms with Gasteiger partial charge in [0.05, 0.1) is 0 Å². The van der Waals surface area contributed by atoms with Crippen molar-refractivity contribution in [2.75, 3.05) is 0 Å². The molecule has 2 aromatic heterocycles. The number of halogens is 1. The fraction of sp³-hybridized carbons (Fsp3) is 0. The monoisotopic (exact) mass is 223 g/mol. The summed E-state index contributed by atoms with van der Waals surface area (Å²) in [4.78, 5) is 15.0. The van der Waals surface area contributed by atoms with E-state index in [-0.39, 0.29) is 4.88 Å². The molecule has 0 amide bonds. The number of carboxylic acid groups (broad SMARTS) is 1. The standard InChI is InChI=1S/C10H6FNO2S/c11-9-5-6(3-4-12-9)7-1-2-8(15-7)10(13)14/h1-5H,(H,13,14). The van der Waals surface area contributed by atoms with E-state index in [1.165, 1.54) is 18.3 Å². The van der Waals surface area contributed by atoms with Crippen LogP contribution in [-0.4, -0.2) is 16.1 Å². The lowest BCUT2D eigenvalue weighted by Gasteiger charge is -1.95. The van der Waals surface area contributed by atoms with Crippen LogP contribution in [0.3, 0.4) is 0 Å². The summed E-state index contributed by atoms with van der Waals surface area (Å²) in [6.45, 7) is 0. The summed E-state index contributed by atoms with van der Waals surface area (Å²) in [7, 11) is 0. The van der Waals surface area contributed by atoms with Gasteiger partial charge in [0.1, 0.15) is 4.88 Å². The number of carboxylic acids is 1. The quantitative estimate of drug-likeness (QED) is 0.796. The highest BCUT2D eigenvalue weighted by Gasteiger charge is 2.08. The summed E-state index contributed by atoms with van der Waals surface area (Å²) in [5, 5.41) is 8.72. The molecule has 76 valence electrons. The Kier molecular flexibility index (Phi) is 2.47. The van der Waals surface area contributed by atoms with Gasteiger partial charge >= 0.3 is 5.97 Å². The second-order valence-electron chi connectivity index (χ2n) is 2.84. The van der Waals surface area contributed by atoms with E-state index in [4.69, 9.17) is 5.11 Å².